The predicted octanol–water partition coefficient (Wildman–Crippen LogP) is 3.48. The van der Waals surface area contributed by atoms with Crippen molar-refractivity contribution in [2.75, 3.05) is 0 Å². The van der Waals surface area contributed by atoms with E-state index in [9.17, 15) is 0 Å². The van der Waals surface area contributed by atoms with Crippen LogP contribution in [0.2, 0.25) is 0 Å². The number of aryl methyl sites for hydroxylation is 2. The van der Waals surface area contributed by atoms with E-state index in [-0.39, 0.29) is 0 Å². The minimum absolute atomic E-state index is 0.465. The van der Waals surface area contributed by atoms with Crippen molar-refractivity contribution in [3.05, 3.63) is 29.3 Å². The molecule has 0 aliphatic heterocycles. The summed E-state index contributed by atoms with van der Waals surface area (Å²) in [5.74, 6) is 1.89. The lowest BCUT2D eigenvalue weighted by Gasteiger charge is -2.32. The molecule has 0 aromatic heterocycles. The molecular weight excluding hydrogens is 172 g/mol. The van der Waals surface area contributed by atoms with Gasteiger partial charge in [-0.05, 0) is 55.9 Å². The van der Waals surface area contributed by atoms with E-state index in [0.717, 1.165) is 11.7 Å². The van der Waals surface area contributed by atoms with Gasteiger partial charge in [0.25, 0.3) is 0 Å². The van der Waals surface area contributed by atoms with Gasteiger partial charge in [-0.3, -0.25) is 0 Å². The van der Waals surface area contributed by atoms with Crippen LogP contribution < -0.4 is 4.74 Å². The fraction of sp³-hybridized carbons (Fsp3) is 0.538. The van der Waals surface area contributed by atoms with Gasteiger partial charge in [0.1, 0.15) is 5.75 Å². The Morgan fingerprint density at radius 2 is 1.86 bits per heavy atom. The molecule has 1 nitrogen and oxygen atoms in total. The molecular formula is C13H18O. The molecule has 0 amide bonds. The summed E-state index contributed by atoms with van der Waals surface area (Å²) in [4.78, 5) is 0. The molecule has 0 heterocycles. The van der Waals surface area contributed by atoms with E-state index in [1.54, 1.807) is 0 Å². The summed E-state index contributed by atoms with van der Waals surface area (Å²) in [5.41, 5.74) is 2.65. The maximum atomic E-state index is 5.86. The SMILES string of the molecule is Cc1ccc(OC2CC(C)C2)cc1C. The van der Waals surface area contributed by atoms with Crippen LogP contribution in [0.5, 0.6) is 5.75 Å². The van der Waals surface area contributed by atoms with E-state index < -0.39 is 0 Å². The molecule has 0 bridgehead atoms. The van der Waals surface area contributed by atoms with Crippen LogP contribution in [-0.2, 0) is 0 Å². The van der Waals surface area contributed by atoms with Crippen molar-refractivity contribution in [2.45, 2.75) is 39.7 Å². The van der Waals surface area contributed by atoms with Gasteiger partial charge in [-0.25, -0.2) is 0 Å². The molecule has 0 N–H and O–H groups in total. The molecule has 0 spiro atoms. The zero-order valence-electron chi connectivity index (χ0n) is 9.21. The topological polar surface area (TPSA) is 9.23 Å². The Labute approximate surface area is 86.1 Å². The zero-order chi connectivity index (χ0) is 10.1. The Bertz CT molecular complexity index is 324. The van der Waals surface area contributed by atoms with Gasteiger partial charge in [-0.2, -0.15) is 0 Å². The second-order valence-electron chi connectivity index (χ2n) is 4.56. The molecule has 0 unspecified atom stereocenters. The molecule has 1 heteroatoms. The van der Waals surface area contributed by atoms with Gasteiger partial charge in [0, 0.05) is 0 Å². The molecule has 0 saturated heterocycles. The Kier molecular flexibility index (Phi) is 2.49. The molecule has 1 saturated carbocycles. The molecule has 1 aromatic carbocycles. The second kappa shape index (κ2) is 3.64. The minimum atomic E-state index is 0.465. The summed E-state index contributed by atoms with van der Waals surface area (Å²) >= 11 is 0. The fourth-order valence-electron chi connectivity index (χ4n) is 1.90. The van der Waals surface area contributed by atoms with Crippen molar-refractivity contribution < 1.29 is 4.74 Å². The Hall–Kier alpha value is -0.980. The number of hydrogen-bond acceptors (Lipinski definition) is 1. The van der Waals surface area contributed by atoms with E-state index in [4.69, 9.17) is 4.74 Å². The summed E-state index contributed by atoms with van der Waals surface area (Å²) in [6.45, 7) is 6.54. The van der Waals surface area contributed by atoms with Gasteiger partial charge in [0.2, 0.25) is 0 Å². The summed E-state index contributed by atoms with van der Waals surface area (Å²) in [5, 5.41) is 0. The molecule has 1 fully saturated rings. The predicted molar refractivity (Wildman–Crippen MR) is 58.7 cm³/mol. The normalized spacial score (nSPS) is 25.6. The standard InChI is InChI=1S/C13H18O/c1-9-6-13(7-9)14-12-5-4-10(2)11(3)8-12/h4-5,8-9,13H,6-7H2,1-3H3. The van der Waals surface area contributed by atoms with Gasteiger partial charge in [0.05, 0.1) is 6.10 Å². The molecule has 0 atom stereocenters. The first-order valence-electron chi connectivity index (χ1n) is 5.39. The lowest BCUT2D eigenvalue weighted by atomic mass is 9.84. The third-order valence-corrected chi connectivity index (χ3v) is 3.11. The van der Waals surface area contributed by atoms with Crippen LogP contribution in [0.15, 0.2) is 18.2 Å². The highest BCUT2D eigenvalue weighted by atomic mass is 16.5. The van der Waals surface area contributed by atoms with Crippen LogP contribution in [0.25, 0.3) is 0 Å². The van der Waals surface area contributed by atoms with Gasteiger partial charge in [-0.15, -0.1) is 0 Å². The highest BCUT2D eigenvalue weighted by Gasteiger charge is 2.26. The molecule has 1 aromatic rings. The lowest BCUT2D eigenvalue weighted by Crippen LogP contribution is -2.31. The third kappa shape index (κ3) is 1.92. The first-order valence-corrected chi connectivity index (χ1v) is 5.39. The summed E-state index contributed by atoms with van der Waals surface area (Å²) in [6.07, 6.45) is 2.90. The average Bonchev–Trinajstić information content (AvgIpc) is 2.09. The summed E-state index contributed by atoms with van der Waals surface area (Å²) in [7, 11) is 0. The van der Waals surface area contributed by atoms with E-state index in [2.05, 4.69) is 39.0 Å². The molecule has 1 aliphatic carbocycles. The molecule has 14 heavy (non-hydrogen) atoms. The first-order chi connectivity index (χ1) is 6.65. The highest BCUT2D eigenvalue weighted by molar-refractivity contribution is 5.34. The molecule has 0 radical (unpaired) electrons. The van der Waals surface area contributed by atoms with Crippen LogP contribution in [0.1, 0.15) is 30.9 Å². The van der Waals surface area contributed by atoms with E-state index in [1.807, 2.05) is 0 Å². The monoisotopic (exact) mass is 190 g/mol. The zero-order valence-corrected chi connectivity index (χ0v) is 9.21. The van der Waals surface area contributed by atoms with Gasteiger partial charge in [0.15, 0.2) is 0 Å². The average molecular weight is 190 g/mol. The lowest BCUT2D eigenvalue weighted by molar-refractivity contribution is 0.0738. The summed E-state index contributed by atoms with van der Waals surface area (Å²) in [6, 6.07) is 6.34. The minimum Gasteiger partial charge on any atom is -0.490 e. The van der Waals surface area contributed by atoms with Crippen LogP contribution in [0.3, 0.4) is 0 Å². The number of ether oxygens (including phenoxy) is 1. The number of hydrogen-bond donors (Lipinski definition) is 0. The van der Waals surface area contributed by atoms with Crippen molar-refractivity contribution in [1.29, 1.82) is 0 Å². The largest absolute Gasteiger partial charge is 0.490 e. The summed E-state index contributed by atoms with van der Waals surface area (Å²) < 4.78 is 5.86. The van der Waals surface area contributed by atoms with Crippen LogP contribution in [-0.4, -0.2) is 6.10 Å². The van der Waals surface area contributed by atoms with E-state index in [1.165, 1.54) is 24.0 Å². The van der Waals surface area contributed by atoms with Gasteiger partial charge < -0.3 is 4.74 Å². The maximum Gasteiger partial charge on any atom is 0.119 e. The van der Waals surface area contributed by atoms with Crippen molar-refractivity contribution in [3.8, 4) is 5.75 Å². The number of benzene rings is 1. The molecule has 76 valence electrons. The number of rotatable bonds is 2. The van der Waals surface area contributed by atoms with Crippen molar-refractivity contribution in [3.63, 3.8) is 0 Å². The first kappa shape index (κ1) is 9.57. The Balaban J connectivity index is 2.00. The molecule has 1 aliphatic rings. The molecule has 2 rings (SSSR count). The fourth-order valence-corrected chi connectivity index (χ4v) is 1.90. The van der Waals surface area contributed by atoms with Gasteiger partial charge in [-0.1, -0.05) is 13.0 Å². The van der Waals surface area contributed by atoms with Crippen molar-refractivity contribution >= 4 is 0 Å². The Morgan fingerprint density at radius 3 is 2.43 bits per heavy atom. The van der Waals surface area contributed by atoms with Crippen LogP contribution in [0, 0.1) is 19.8 Å². The van der Waals surface area contributed by atoms with Crippen molar-refractivity contribution in [1.82, 2.24) is 0 Å². The van der Waals surface area contributed by atoms with E-state index in [0.29, 0.717) is 6.10 Å². The smallest absolute Gasteiger partial charge is 0.119 e. The van der Waals surface area contributed by atoms with E-state index >= 15 is 0 Å². The quantitative estimate of drug-likeness (QED) is 0.693. The Morgan fingerprint density at radius 1 is 1.14 bits per heavy atom. The van der Waals surface area contributed by atoms with Crippen molar-refractivity contribution in [2.24, 2.45) is 5.92 Å². The maximum absolute atomic E-state index is 5.86. The van der Waals surface area contributed by atoms with Gasteiger partial charge >= 0.3 is 0 Å². The van der Waals surface area contributed by atoms with Crippen LogP contribution in [0.4, 0.5) is 0 Å². The third-order valence-electron chi connectivity index (χ3n) is 3.11. The second-order valence-corrected chi connectivity index (χ2v) is 4.56. The highest BCUT2D eigenvalue weighted by Crippen LogP contribution is 2.31. The van der Waals surface area contributed by atoms with Crippen LogP contribution >= 0.6 is 0 Å².